The Labute approximate surface area is 146 Å². The summed E-state index contributed by atoms with van der Waals surface area (Å²) in [6, 6.07) is 10.5. The number of hydrogen-bond donors (Lipinski definition) is 1. The van der Waals surface area contributed by atoms with E-state index in [2.05, 4.69) is 25.1 Å². The predicted molar refractivity (Wildman–Crippen MR) is 99.8 cm³/mol. The van der Waals surface area contributed by atoms with E-state index in [4.69, 9.17) is 5.26 Å². The van der Waals surface area contributed by atoms with Gasteiger partial charge < -0.3 is 5.11 Å². The molecule has 0 radical (unpaired) electrons. The Balaban J connectivity index is 2.11. The predicted octanol–water partition coefficient (Wildman–Crippen LogP) is 5.91. The van der Waals surface area contributed by atoms with Gasteiger partial charge in [0.2, 0.25) is 0 Å². The Bertz CT molecular complexity index is 452. The van der Waals surface area contributed by atoms with Gasteiger partial charge >= 0.3 is 0 Å². The minimum atomic E-state index is -0.129. The lowest BCUT2D eigenvalue weighted by Gasteiger charge is -2.10. The van der Waals surface area contributed by atoms with Gasteiger partial charge in [-0.25, -0.2) is 0 Å². The molecule has 0 fully saturated rings. The highest BCUT2D eigenvalue weighted by molar-refractivity contribution is 7.99. The van der Waals surface area contributed by atoms with Crippen LogP contribution in [0, 0.1) is 11.3 Å². The van der Waals surface area contributed by atoms with E-state index in [9.17, 15) is 5.11 Å². The van der Waals surface area contributed by atoms with Gasteiger partial charge in [0.15, 0.2) is 0 Å². The molecule has 1 N–H and O–H groups in total. The Kier molecular flexibility index (Phi) is 10.9. The summed E-state index contributed by atoms with van der Waals surface area (Å²) in [5.74, 6) is 1.00. The molecule has 1 aromatic carbocycles. The van der Waals surface area contributed by atoms with Crippen LogP contribution in [-0.4, -0.2) is 17.0 Å². The van der Waals surface area contributed by atoms with Crippen LogP contribution in [0.1, 0.15) is 76.7 Å². The quantitative estimate of drug-likeness (QED) is 0.382. The maximum absolute atomic E-state index is 9.99. The highest BCUT2D eigenvalue weighted by atomic mass is 32.2. The van der Waals surface area contributed by atoms with Crippen LogP contribution < -0.4 is 0 Å². The lowest BCUT2D eigenvalue weighted by atomic mass is 10.0. The summed E-state index contributed by atoms with van der Waals surface area (Å²) in [6.45, 7) is 4.15. The van der Waals surface area contributed by atoms with Crippen LogP contribution >= 0.6 is 11.8 Å². The fourth-order valence-electron chi connectivity index (χ4n) is 2.56. The first-order valence-corrected chi connectivity index (χ1v) is 9.96. The van der Waals surface area contributed by atoms with E-state index >= 15 is 0 Å². The molecule has 2 nitrogen and oxygen atoms in total. The van der Waals surface area contributed by atoms with E-state index in [1.165, 1.54) is 30.6 Å². The Morgan fingerprint density at radius 1 is 1.04 bits per heavy atom. The van der Waals surface area contributed by atoms with Crippen molar-refractivity contribution in [2.75, 3.05) is 5.75 Å². The lowest BCUT2D eigenvalue weighted by Crippen LogP contribution is -2.06. The summed E-state index contributed by atoms with van der Waals surface area (Å²) in [4.78, 5) is 1.24. The van der Waals surface area contributed by atoms with E-state index in [0.717, 1.165) is 37.0 Å². The third kappa shape index (κ3) is 9.03. The van der Waals surface area contributed by atoms with Gasteiger partial charge in [-0.05, 0) is 49.6 Å². The molecule has 0 heterocycles. The fraction of sp³-hybridized carbons (Fsp3) is 0.650. The van der Waals surface area contributed by atoms with Crippen molar-refractivity contribution in [3.63, 3.8) is 0 Å². The molecule has 128 valence electrons. The average Bonchev–Trinajstić information content (AvgIpc) is 2.58. The van der Waals surface area contributed by atoms with Crippen LogP contribution in [0.4, 0.5) is 0 Å². The number of aliphatic hydroxyl groups is 1. The smallest absolute Gasteiger partial charge is 0.0700 e. The van der Waals surface area contributed by atoms with Gasteiger partial charge in [0.25, 0.3) is 0 Å². The van der Waals surface area contributed by atoms with Gasteiger partial charge in [-0.1, -0.05) is 51.2 Å². The summed E-state index contributed by atoms with van der Waals surface area (Å²) in [5.41, 5.74) is 1.08. The first-order valence-electron chi connectivity index (χ1n) is 8.97. The molecular weight excluding hydrogens is 302 g/mol. The number of benzene rings is 1. The van der Waals surface area contributed by atoms with Gasteiger partial charge in [-0.15, -0.1) is 11.8 Å². The van der Waals surface area contributed by atoms with Crippen molar-refractivity contribution in [1.82, 2.24) is 0 Å². The monoisotopic (exact) mass is 333 g/mol. The molecule has 0 spiro atoms. The Morgan fingerprint density at radius 2 is 1.70 bits per heavy atom. The minimum absolute atomic E-state index is 0.0403. The van der Waals surface area contributed by atoms with Crippen LogP contribution in [0.3, 0.4) is 0 Å². The number of nitriles is 1. The molecule has 1 aromatic rings. The standard InChI is InChI=1S/C20H31NOS/c1-3-4-5-6-7-9-19(22)10-8-15-23-20-13-11-18(12-14-20)17(2)16-21/h11-14,17,19,22H,3-10,15H2,1-2H3/t17?,19-/m1/s1. The molecule has 0 amide bonds. The maximum atomic E-state index is 9.99. The molecule has 23 heavy (non-hydrogen) atoms. The molecule has 1 unspecified atom stereocenters. The zero-order valence-electron chi connectivity index (χ0n) is 14.6. The Morgan fingerprint density at radius 3 is 2.35 bits per heavy atom. The zero-order valence-corrected chi connectivity index (χ0v) is 15.4. The first kappa shape index (κ1) is 20.1. The van der Waals surface area contributed by atoms with Gasteiger partial charge in [-0.2, -0.15) is 5.26 Å². The lowest BCUT2D eigenvalue weighted by molar-refractivity contribution is 0.150. The second-order valence-electron chi connectivity index (χ2n) is 6.27. The summed E-state index contributed by atoms with van der Waals surface area (Å²) in [7, 11) is 0. The van der Waals surface area contributed by atoms with Gasteiger partial charge in [0.1, 0.15) is 0 Å². The van der Waals surface area contributed by atoms with Crippen molar-refractivity contribution >= 4 is 11.8 Å². The minimum Gasteiger partial charge on any atom is -0.393 e. The summed E-state index contributed by atoms with van der Waals surface area (Å²) in [6.07, 6.45) is 9.10. The summed E-state index contributed by atoms with van der Waals surface area (Å²) >= 11 is 1.83. The van der Waals surface area contributed by atoms with Crippen LogP contribution in [0.5, 0.6) is 0 Å². The largest absolute Gasteiger partial charge is 0.393 e. The summed E-state index contributed by atoms with van der Waals surface area (Å²) < 4.78 is 0. The van der Waals surface area contributed by atoms with Crippen LogP contribution in [0.2, 0.25) is 0 Å². The second-order valence-corrected chi connectivity index (χ2v) is 7.44. The van der Waals surface area contributed by atoms with Crippen molar-refractivity contribution in [3.8, 4) is 6.07 Å². The molecule has 0 aliphatic carbocycles. The number of unbranched alkanes of at least 4 members (excludes halogenated alkanes) is 4. The third-order valence-corrected chi connectivity index (χ3v) is 5.26. The SMILES string of the molecule is CCCCCCC[C@@H](O)CCCSc1ccc(C(C)C#N)cc1. The average molecular weight is 334 g/mol. The fourth-order valence-corrected chi connectivity index (χ4v) is 3.44. The molecule has 0 bridgehead atoms. The molecule has 0 saturated carbocycles. The van der Waals surface area contributed by atoms with Crippen molar-refractivity contribution in [1.29, 1.82) is 5.26 Å². The van der Waals surface area contributed by atoms with E-state index in [0.29, 0.717) is 0 Å². The van der Waals surface area contributed by atoms with E-state index in [-0.39, 0.29) is 12.0 Å². The van der Waals surface area contributed by atoms with Gasteiger partial charge in [0.05, 0.1) is 18.1 Å². The highest BCUT2D eigenvalue weighted by Gasteiger charge is 2.05. The second kappa shape index (κ2) is 12.4. The Hall–Kier alpha value is -0.980. The number of hydrogen-bond acceptors (Lipinski definition) is 3. The first-order chi connectivity index (χ1) is 11.2. The number of nitrogens with zero attached hydrogens (tertiary/aromatic N) is 1. The van der Waals surface area contributed by atoms with Crippen molar-refractivity contribution in [3.05, 3.63) is 29.8 Å². The molecule has 1 rings (SSSR count). The van der Waals surface area contributed by atoms with Crippen LogP contribution in [0.15, 0.2) is 29.2 Å². The van der Waals surface area contributed by atoms with Crippen molar-refractivity contribution in [2.24, 2.45) is 0 Å². The van der Waals surface area contributed by atoms with E-state index in [1.54, 1.807) is 0 Å². The molecular formula is C20H31NOS. The zero-order chi connectivity index (χ0) is 16.9. The number of thioether (sulfide) groups is 1. The van der Waals surface area contributed by atoms with Crippen molar-refractivity contribution < 1.29 is 5.11 Å². The van der Waals surface area contributed by atoms with Crippen LogP contribution in [-0.2, 0) is 0 Å². The number of rotatable bonds is 12. The molecule has 0 aromatic heterocycles. The van der Waals surface area contributed by atoms with Gasteiger partial charge in [-0.3, -0.25) is 0 Å². The van der Waals surface area contributed by atoms with E-state index in [1.807, 2.05) is 30.8 Å². The molecule has 0 aliphatic heterocycles. The molecule has 2 atom stereocenters. The molecule has 3 heteroatoms. The van der Waals surface area contributed by atoms with Crippen LogP contribution in [0.25, 0.3) is 0 Å². The molecule has 0 aliphatic rings. The summed E-state index contributed by atoms with van der Waals surface area (Å²) in [5, 5.41) is 18.9. The normalized spacial score (nSPS) is 13.5. The highest BCUT2D eigenvalue weighted by Crippen LogP contribution is 2.23. The third-order valence-electron chi connectivity index (χ3n) is 4.17. The topological polar surface area (TPSA) is 44.0 Å². The molecule has 0 saturated heterocycles. The van der Waals surface area contributed by atoms with Gasteiger partial charge in [0, 0.05) is 4.90 Å². The van der Waals surface area contributed by atoms with Crippen molar-refractivity contribution in [2.45, 2.75) is 82.1 Å². The maximum Gasteiger partial charge on any atom is 0.0700 e. The van der Waals surface area contributed by atoms with E-state index < -0.39 is 0 Å². The number of aliphatic hydroxyl groups excluding tert-OH is 1.